The van der Waals surface area contributed by atoms with Gasteiger partial charge in [0.1, 0.15) is 5.75 Å². The maximum absolute atomic E-state index is 5.88. The van der Waals surface area contributed by atoms with E-state index in [1.807, 2.05) is 25.1 Å². The lowest BCUT2D eigenvalue weighted by Crippen LogP contribution is -1.97. The van der Waals surface area contributed by atoms with Gasteiger partial charge < -0.3 is 15.8 Å². The van der Waals surface area contributed by atoms with Crippen molar-refractivity contribution in [3.05, 3.63) is 47.5 Å². The van der Waals surface area contributed by atoms with Crippen molar-refractivity contribution >= 4 is 17.1 Å². The molecule has 2 aromatic carbocycles. The summed E-state index contributed by atoms with van der Waals surface area (Å²) < 4.78 is 5.49. The highest BCUT2D eigenvalue weighted by molar-refractivity contribution is 5.66. The number of hydrogen-bond donors (Lipinski definition) is 2. The molecule has 0 aliphatic heterocycles. The number of ether oxygens (including phenoxy) is 1. The molecule has 3 nitrogen and oxygen atoms in total. The molecule has 0 aliphatic carbocycles. The highest BCUT2D eigenvalue weighted by Gasteiger charge is 2.01. The molecule has 0 bridgehead atoms. The van der Waals surface area contributed by atoms with Crippen LogP contribution in [0.15, 0.2) is 36.4 Å². The lowest BCUT2D eigenvalue weighted by atomic mass is 10.1. The second kappa shape index (κ2) is 5.65. The highest BCUT2D eigenvalue weighted by Crippen LogP contribution is 2.26. The van der Waals surface area contributed by atoms with Crippen LogP contribution in [-0.4, -0.2) is 6.61 Å². The molecule has 0 spiro atoms. The quantitative estimate of drug-likeness (QED) is 0.812. The fraction of sp³-hybridized carbons (Fsp3) is 0.250. The molecule has 3 heteroatoms. The van der Waals surface area contributed by atoms with E-state index in [1.165, 1.54) is 11.1 Å². The van der Waals surface area contributed by atoms with Gasteiger partial charge in [-0.3, -0.25) is 0 Å². The van der Waals surface area contributed by atoms with E-state index < -0.39 is 0 Å². The maximum atomic E-state index is 5.88. The van der Waals surface area contributed by atoms with Crippen LogP contribution in [-0.2, 0) is 0 Å². The summed E-state index contributed by atoms with van der Waals surface area (Å²) in [6, 6.07) is 12.0. The molecule has 0 saturated carbocycles. The van der Waals surface area contributed by atoms with E-state index in [0.29, 0.717) is 12.3 Å². The number of hydrogen-bond acceptors (Lipinski definition) is 3. The second-order valence-corrected chi connectivity index (χ2v) is 4.65. The molecular formula is C16H20N2O. The van der Waals surface area contributed by atoms with Gasteiger partial charge >= 0.3 is 0 Å². The minimum atomic E-state index is 0.631. The number of nitrogens with two attached hydrogens (primary N) is 1. The van der Waals surface area contributed by atoms with Crippen molar-refractivity contribution in [3.8, 4) is 5.75 Å². The van der Waals surface area contributed by atoms with Gasteiger partial charge in [-0.25, -0.2) is 0 Å². The first-order valence-corrected chi connectivity index (χ1v) is 6.46. The van der Waals surface area contributed by atoms with Crippen molar-refractivity contribution in [3.63, 3.8) is 0 Å². The Morgan fingerprint density at radius 1 is 1.00 bits per heavy atom. The Bertz CT molecular complexity index is 579. The van der Waals surface area contributed by atoms with E-state index in [-0.39, 0.29) is 0 Å². The van der Waals surface area contributed by atoms with Crippen molar-refractivity contribution in [1.29, 1.82) is 0 Å². The first kappa shape index (κ1) is 13.3. The van der Waals surface area contributed by atoms with Gasteiger partial charge in [0.2, 0.25) is 0 Å². The predicted molar refractivity (Wildman–Crippen MR) is 81.2 cm³/mol. The summed E-state index contributed by atoms with van der Waals surface area (Å²) in [7, 11) is 0. The molecule has 0 aromatic heterocycles. The summed E-state index contributed by atoms with van der Waals surface area (Å²) in [5.74, 6) is 0.786. The summed E-state index contributed by atoms with van der Waals surface area (Å²) in [6.07, 6.45) is 0. The van der Waals surface area contributed by atoms with Crippen molar-refractivity contribution in [1.82, 2.24) is 0 Å². The van der Waals surface area contributed by atoms with Gasteiger partial charge in [-0.15, -0.1) is 0 Å². The van der Waals surface area contributed by atoms with Gasteiger partial charge in [0.05, 0.1) is 6.61 Å². The summed E-state index contributed by atoms with van der Waals surface area (Å²) >= 11 is 0. The summed E-state index contributed by atoms with van der Waals surface area (Å²) in [4.78, 5) is 0. The van der Waals surface area contributed by atoms with Gasteiger partial charge in [0, 0.05) is 29.2 Å². The average Bonchev–Trinajstić information content (AvgIpc) is 2.33. The standard InChI is InChI=1S/C16H20N2O/c1-4-19-16-9-13(17)8-15(10-16)18-14-6-5-11(2)12(3)7-14/h5-10,18H,4,17H2,1-3H3. The summed E-state index contributed by atoms with van der Waals surface area (Å²) in [5, 5.41) is 3.35. The third-order valence-electron chi connectivity index (χ3n) is 3.04. The molecule has 2 rings (SSSR count). The molecule has 0 radical (unpaired) electrons. The molecule has 0 heterocycles. The Morgan fingerprint density at radius 3 is 2.47 bits per heavy atom. The molecule has 100 valence electrons. The van der Waals surface area contributed by atoms with E-state index in [0.717, 1.165) is 17.1 Å². The Balaban J connectivity index is 2.24. The van der Waals surface area contributed by atoms with Gasteiger partial charge in [-0.05, 0) is 50.1 Å². The van der Waals surface area contributed by atoms with Crippen molar-refractivity contribution in [2.24, 2.45) is 0 Å². The van der Waals surface area contributed by atoms with Crippen molar-refractivity contribution < 1.29 is 4.74 Å². The van der Waals surface area contributed by atoms with E-state index in [1.54, 1.807) is 0 Å². The SMILES string of the molecule is CCOc1cc(N)cc(Nc2ccc(C)c(C)c2)c1. The molecule has 2 aromatic rings. The minimum Gasteiger partial charge on any atom is -0.494 e. The monoisotopic (exact) mass is 256 g/mol. The number of rotatable bonds is 4. The van der Waals surface area contributed by atoms with Crippen LogP contribution in [0.3, 0.4) is 0 Å². The fourth-order valence-electron chi connectivity index (χ4n) is 1.93. The normalized spacial score (nSPS) is 10.3. The zero-order valence-corrected chi connectivity index (χ0v) is 11.7. The van der Waals surface area contributed by atoms with Crippen molar-refractivity contribution in [2.45, 2.75) is 20.8 Å². The van der Waals surface area contributed by atoms with E-state index in [2.05, 4.69) is 37.4 Å². The van der Waals surface area contributed by atoms with Gasteiger partial charge in [0.25, 0.3) is 0 Å². The van der Waals surface area contributed by atoms with Crippen LogP contribution in [0, 0.1) is 13.8 Å². The minimum absolute atomic E-state index is 0.631. The van der Waals surface area contributed by atoms with E-state index in [9.17, 15) is 0 Å². The smallest absolute Gasteiger partial charge is 0.123 e. The molecule has 0 fully saturated rings. The lowest BCUT2D eigenvalue weighted by Gasteiger charge is -2.11. The molecular weight excluding hydrogens is 236 g/mol. The fourth-order valence-corrected chi connectivity index (χ4v) is 1.93. The zero-order valence-electron chi connectivity index (χ0n) is 11.7. The van der Waals surface area contributed by atoms with Gasteiger partial charge in [-0.1, -0.05) is 6.07 Å². The maximum Gasteiger partial charge on any atom is 0.123 e. The Kier molecular flexibility index (Phi) is 3.95. The molecule has 0 aliphatic rings. The van der Waals surface area contributed by atoms with Gasteiger partial charge in [0.15, 0.2) is 0 Å². The Labute approximate surface area is 114 Å². The third-order valence-corrected chi connectivity index (χ3v) is 3.04. The number of benzene rings is 2. The number of nitrogen functional groups attached to an aromatic ring is 1. The first-order chi connectivity index (χ1) is 9.08. The largest absolute Gasteiger partial charge is 0.494 e. The Morgan fingerprint density at radius 2 is 1.79 bits per heavy atom. The van der Waals surface area contributed by atoms with E-state index >= 15 is 0 Å². The molecule has 0 saturated heterocycles. The molecule has 0 amide bonds. The number of nitrogens with one attached hydrogen (secondary N) is 1. The molecule has 19 heavy (non-hydrogen) atoms. The third kappa shape index (κ3) is 3.41. The highest BCUT2D eigenvalue weighted by atomic mass is 16.5. The average molecular weight is 256 g/mol. The Hall–Kier alpha value is -2.16. The summed E-state index contributed by atoms with van der Waals surface area (Å²) in [6.45, 7) is 6.80. The van der Waals surface area contributed by atoms with Crippen LogP contribution in [0.25, 0.3) is 0 Å². The van der Waals surface area contributed by atoms with Crippen molar-refractivity contribution in [2.75, 3.05) is 17.7 Å². The van der Waals surface area contributed by atoms with Crippen LogP contribution in [0.4, 0.5) is 17.1 Å². The van der Waals surface area contributed by atoms with Crippen LogP contribution >= 0.6 is 0 Å². The van der Waals surface area contributed by atoms with Gasteiger partial charge in [-0.2, -0.15) is 0 Å². The topological polar surface area (TPSA) is 47.3 Å². The zero-order chi connectivity index (χ0) is 13.8. The van der Waals surface area contributed by atoms with Crippen LogP contribution in [0.2, 0.25) is 0 Å². The number of aryl methyl sites for hydroxylation is 2. The molecule has 0 unspecified atom stereocenters. The first-order valence-electron chi connectivity index (χ1n) is 6.46. The molecule has 3 N–H and O–H groups in total. The number of anilines is 3. The summed E-state index contributed by atoms with van der Waals surface area (Å²) in [5.41, 5.74) is 11.1. The van der Waals surface area contributed by atoms with Crippen LogP contribution in [0.1, 0.15) is 18.1 Å². The van der Waals surface area contributed by atoms with E-state index in [4.69, 9.17) is 10.5 Å². The van der Waals surface area contributed by atoms with Crippen LogP contribution in [0.5, 0.6) is 5.75 Å². The predicted octanol–water partition coefficient (Wildman–Crippen LogP) is 4.03. The lowest BCUT2D eigenvalue weighted by molar-refractivity contribution is 0.340. The van der Waals surface area contributed by atoms with Crippen LogP contribution < -0.4 is 15.8 Å². The molecule has 0 atom stereocenters. The second-order valence-electron chi connectivity index (χ2n) is 4.65.